The fourth-order valence-corrected chi connectivity index (χ4v) is 3.78. The highest BCUT2D eigenvalue weighted by atomic mass is 35.5. The SMILES string of the molecule is Clc1ccc(Cl)c(C2(C3CC3)CCCCCN2)c1. The summed E-state index contributed by atoms with van der Waals surface area (Å²) in [6.45, 7) is 1.10. The van der Waals surface area contributed by atoms with Gasteiger partial charge >= 0.3 is 0 Å². The zero-order valence-electron chi connectivity index (χ0n) is 10.5. The molecule has 1 aliphatic heterocycles. The van der Waals surface area contributed by atoms with Crippen LogP contribution in [0.4, 0.5) is 0 Å². The molecule has 1 atom stereocenters. The van der Waals surface area contributed by atoms with E-state index < -0.39 is 0 Å². The molecule has 0 bridgehead atoms. The van der Waals surface area contributed by atoms with Gasteiger partial charge in [-0.05, 0) is 61.9 Å². The topological polar surface area (TPSA) is 12.0 Å². The molecule has 0 radical (unpaired) electrons. The van der Waals surface area contributed by atoms with E-state index in [-0.39, 0.29) is 5.54 Å². The van der Waals surface area contributed by atoms with Crippen LogP contribution in [0.5, 0.6) is 0 Å². The third-order valence-corrected chi connectivity index (χ3v) is 4.94. The third kappa shape index (κ3) is 2.29. The van der Waals surface area contributed by atoms with E-state index in [0.29, 0.717) is 0 Å². The van der Waals surface area contributed by atoms with E-state index in [2.05, 4.69) is 11.4 Å². The highest BCUT2D eigenvalue weighted by molar-refractivity contribution is 6.33. The quantitative estimate of drug-likeness (QED) is 0.825. The number of benzene rings is 1. The monoisotopic (exact) mass is 283 g/mol. The van der Waals surface area contributed by atoms with Crippen molar-refractivity contribution in [3.63, 3.8) is 0 Å². The van der Waals surface area contributed by atoms with E-state index >= 15 is 0 Å². The first-order valence-electron chi connectivity index (χ1n) is 6.93. The first-order chi connectivity index (χ1) is 8.72. The normalized spacial score (nSPS) is 29.0. The lowest BCUT2D eigenvalue weighted by Crippen LogP contribution is -2.44. The van der Waals surface area contributed by atoms with Crippen molar-refractivity contribution >= 4 is 23.2 Å². The van der Waals surface area contributed by atoms with Gasteiger partial charge in [0.25, 0.3) is 0 Å². The second-order valence-electron chi connectivity index (χ2n) is 5.61. The summed E-state index contributed by atoms with van der Waals surface area (Å²) in [5.74, 6) is 0.742. The maximum Gasteiger partial charge on any atom is 0.0478 e. The standard InChI is InChI=1S/C15H19Cl2N/c16-12-6-7-14(17)13(10-12)15(11-4-5-11)8-2-1-3-9-18-15/h6-7,10-11,18H,1-5,8-9H2. The molecule has 1 N–H and O–H groups in total. The minimum absolute atomic E-state index is 0.0818. The zero-order valence-corrected chi connectivity index (χ0v) is 12.0. The molecule has 0 aromatic heterocycles. The lowest BCUT2D eigenvalue weighted by Gasteiger charge is -2.36. The molecular weight excluding hydrogens is 265 g/mol. The molecule has 1 heterocycles. The smallest absolute Gasteiger partial charge is 0.0478 e. The number of hydrogen-bond acceptors (Lipinski definition) is 1. The molecule has 2 fully saturated rings. The Morgan fingerprint density at radius 2 is 1.94 bits per heavy atom. The van der Waals surface area contributed by atoms with Crippen molar-refractivity contribution in [3.05, 3.63) is 33.8 Å². The van der Waals surface area contributed by atoms with Crippen LogP contribution in [0.3, 0.4) is 0 Å². The summed E-state index contributed by atoms with van der Waals surface area (Å²) in [4.78, 5) is 0. The molecule has 1 saturated heterocycles. The summed E-state index contributed by atoms with van der Waals surface area (Å²) in [7, 11) is 0. The lowest BCUT2D eigenvalue weighted by molar-refractivity contribution is 0.279. The molecule has 2 aliphatic rings. The molecule has 1 nitrogen and oxygen atoms in total. The Hall–Kier alpha value is -0.240. The Morgan fingerprint density at radius 1 is 1.11 bits per heavy atom. The van der Waals surface area contributed by atoms with Gasteiger partial charge < -0.3 is 5.32 Å². The Morgan fingerprint density at radius 3 is 2.72 bits per heavy atom. The van der Waals surface area contributed by atoms with Crippen molar-refractivity contribution in [2.24, 2.45) is 5.92 Å². The highest BCUT2D eigenvalue weighted by Crippen LogP contribution is 2.51. The van der Waals surface area contributed by atoms with E-state index in [1.54, 1.807) is 0 Å². The molecule has 1 unspecified atom stereocenters. The van der Waals surface area contributed by atoms with Crippen molar-refractivity contribution < 1.29 is 0 Å². The summed E-state index contributed by atoms with van der Waals surface area (Å²) in [5.41, 5.74) is 1.31. The minimum atomic E-state index is 0.0818. The average Bonchev–Trinajstić information content (AvgIpc) is 3.17. The van der Waals surface area contributed by atoms with E-state index in [1.165, 1.54) is 44.1 Å². The van der Waals surface area contributed by atoms with Gasteiger partial charge in [-0.2, -0.15) is 0 Å². The van der Waals surface area contributed by atoms with Crippen molar-refractivity contribution in [2.45, 2.75) is 44.1 Å². The van der Waals surface area contributed by atoms with Gasteiger partial charge in [-0.3, -0.25) is 0 Å². The summed E-state index contributed by atoms with van der Waals surface area (Å²) >= 11 is 12.6. The lowest BCUT2D eigenvalue weighted by atomic mass is 9.81. The van der Waals surface area contributed by atoms with Gasteiger partial charge in [-0.25, -0.2) is 0 Å². The van der Waals surface area contributed by atoms with Crippen LogP contribution < -0.4 is 5.32 Å². The maximum absolute atomic E-state index is 6.45. The molecule has 3 rings (SSSR count). The van der Waals surface area contributed by atoms with Gasteiger partial charge in [0.15, 0.2) is 0 Å². The predicted octanol–water partition coefficient (Wildman–Crippen LogP) is 4.76. The number of rotatable bonds is 2. The average molecular weight is 284 g/mol. The molecule has 3 heteroatoms. The molecular formula is C15H19Cl2N. The molecule has 1 aliphatic carbocycles. The first kappa shape index (κ1) is 12.8. The van der Waals surface area contributed by atoms with Gasteiger partial charge in [0.1, 0.15) is 0 Å². The van der Waals surface area contributed by atoms with Crippen molar-refractivity contribution in [1.82, 2.24) is 5.32 Å². The third-order valence-electron chi connectivity index (χ3n) is 4.37. The second-order valence-corrected chi connectivity index (χ2v) is 6.45. The molecule has 0 amide bonds. The van der Waals surface area contributed by atoms with Crippen LogP contribution in [0.1, 0.15) is 44.1 Å². The van der Waals surface area contributed by atoms with E-state index in [4.69, 9.17) is 23.2 Å². The van der Waals surface area contributed by atoms with Gasteiger partial charge in [0.2, 0.25) is 0 Å². The molecule has 18 heavy (non-hydrogen) atoms. The summed E-state index contributed by atoms with van der Waals surface area (Å²) in [6.07, 6.45) is 7.70. The highest BCUT2D eigenvalue weighted by Gasteiger charge is 2.47. The minimum Gasteiger partial charge on any atom is -0.307 e. The fourth-order valence-electron chi connectivity index (χ4n) is 3.32. The van der Waals surface area contributed by atoms with Gasteiger partial charge in [-0.1, -0.05) is 36.0 Å². The van der Waals surface area contributed by atoms with Crippen LogP contribution in [0.25, 0.3) is 0 Å². The Bertz CT molecular complexity index is 432. The molecule has 1 aromatic carbocycles. The van der Waals surface area contributed by atoms with Crippen LogP contribution >= 0.6 is 23.2 Å². The first-order valence-corrected chi connectivity index (χ1v) is 7.68. The number of halogens is 2. The summed E-state index contributed by atoms with van der Waals surface area (Å²) in [5, 5.41) is 5.45. The van der Waals surface area contributed by atoms with Crippen LogP contribution in [0.2, 0.25) is 10.0 Å². The molecule has 1 saturated carbocycles. The number of nitrogens with one attached hydrogen (secondary N) is 1. The Kier molecular flexibility index (Phi) is 3.57. The molecule has 1 aromatic rings. The summed E-state index contributed by atoms with van der Waals surface area (Å²) < 4.78 is 0. The molecule has 98 valence electrons. The van der Waals surface area contributed by atoms with E-state index in [9.17, 15) is 0 Å². The maximum atomic E-state index is 6.45. The van der Waals surface area contributed by atoms with E-state index in [1.807, 2.05) is 12.1 Å². The number of hydrogen-bond donors (Lipinski definition) is 1. The van der Waals surface area contributed by atoms with Crippen LogP contribution in [0.15, 0.2) is 18.2 Å². The Balaban J connectivity index is 2.04. The predicted molar refractivity (Wildman–Crippen MR) is 77.3 cm³/mol. The van der Waals surface area contributed by atoms with Crippen LogP contribution in [-0.2, 0) is 5.54 Å². The van der Waals surface area contributed by atoms with Gasteiger partial charge in [0, 0.05) is 15.6 Å². The zero-order chi connectivity index (χ0) is 12.6. The van der Waals surface area contributed by atoms with Gasteiger partial charge in [0.05, 0.1) is 0 Å². The van der Waals surface area contributed by atoms with Crippen LogP contribution in [0, 0.1) is 5.92 Å². The van der Waals surface area contributed by atoms with Crippen LogP contribution in [-0.4, -0.2) is 6.54 Å². The van der Waals surface area contributed by atoms with Crippen molar-refractivity contribution in [1.29, 1.82) is 0 Å². The molecule has 0 spiro atoms. The second kappa shape index (κ2) is 5.03. The van der Waals surface area contributed by atoms with E-state index in [0.717, 1.165) is 22.5 Å². The fraction of sp³-hybridized carbons (Fsp3) is 0.600. The van der Waals surface area contributed by atoms with Gasteiger partial charge in [-0.15, -0.1) is 0 Å². The largest absolute Gasteiger partial charge is 0.307 e. The summed E-state index contributed by atoms with van der Waals surface area (Å²) in [6, 6.07) is 5.89. The Labute approximate surface area is 119 Å². The van der Waals surface area contributed by atoms with Crippen molar-refractivity contribution in [2.75, 3.05) is 6.54 Å². The van der Waals surface area contributed by atoms with Crippen molar-refractivity contribution in [3.8, 4) is 0 Å².